The fraction of sp³-hybridized carbons (Fsp3) is 0.286. The van der Waals surface area contributed by atoms with Crippen molar-refractivity contribution in [2.75, 3.05) is 6.54 Å². The van der Waals surface area contributed by atoms with Gasteiger partial charge in [0, 0.05) is 43.2 Å². The van der Waals surface area contributed by atoms with Crippen LogP contribution in [0.1, 0.15) is 23.1 Å². The van der Waals surface area contributed by atoms with Gasteiger partial charge in [0.1, 0.15) is 0 Å². The third-order valence-corrected chi connectivity index (χ3v) is 5.08. The highest BCUT2D eigenvalue weighted by atomic mass is 16.2. The molecule has 0 N–H and O–H groups in total. The van der Waals surface area contributed by atoms with Gasteiger partial charge in [0.05, 0.1) is 0 Å². The smallest absolute Gasteiger partial charge is 0.224 e. The minimum Gasteiger partial charge on any atom is -0.347 e. The molecule has 0 unspecified atom stereocenters. The van der Waals surface area contributed by atoms with E-state index in [1.807, 2.05) is 4.90 Å². The van der Waals surface area contributed by atoms with E-state index in [0.717, 1.165) is 26.1 Å². The lowest BCUT2D eigenvalue weighted by atomic mass is 10.00. The average molecular weight is 318 g/mol. The van der Waals surface area contributed by atoms with Crippen molar-refractivity contribution in [2.45, 2.75) is 32.9 Å². The molecule has 3 heteroatoms. The molecule has 0 saturated carbocycles. The van der Waals surface area contributed by atoms with Gasteiger partial charge in [-0.1, -0.05) is 36.4 Å². The summed E-state index contributed by atoms with van der Waals surface area (Å²) in [5.74, 6) is 0.249. The molecule has 0 radical (unpaired) electrons. The molecule has 1 amide bonds. The lowest BCUT2D eigenvalue weighted by molar-refractivity contribution is -0.132. The third kappa shape index (κ3) is 2.71. The molecular formula is C21H22N2O. The average Bonchev–Trinajstić information content (AvgIpc) is 3.04. The Balaban J connectivity index is 1.44. The Morgan fingerprint density at radius 3 is 2.75 bits per heavy atom. The van der Waals surface area contributed by atoms with Crippen LogP contribution in [0.2, 0.25) is 0 Å². The zero-order valence-corrected chi connectivity index (χ0v) is 14.0. The highest BCUT2D eigenvalue weighted by Gasteiger charge is 2.20. The molecule has 1 aromatic heterocycles. The van der Waals surface area contributed by atoms with Gasteiger partial charge in [-0.15, -0.1) is 0 Å². The molecule has 2 aromatic carbocycles. The second kappa shape index (κ2) is 6.16. The Kier molecular flexibility index (Phi) is 3.85. The van der Waals surface area contributed by atoms with Crippen molar-refractivity contribution >= 4 is 16.8 Å². The molecule has 0 fully saturated rings. The molecule has 3 aromatic rings. The molecule has 0 aliphatic carbocycles. The molecule has 0 spiro atoms. The fourth-order valence-corrected chi connectivity index (χ4v) is 3.66. The second-order valence-electron chi connectivity index (χ2n) is 6.60. The van der Waals surface area contributed by atoms with E-state index >= 15 is 0 Å². The highest BCUT2D eigenvalue weighted by Crippen LogP contribution is 2.21. The van der Waals surface area contributed by atoms with Gasteiger partial charge >= 0.3 is 0 Å². The predicted molar refractivity (Wildman–Crippen MR) is 96.9 cm³/mol. The second-order valence-corrected chi connectivity index (χ2v) is 6.60. The summed E-state index contributed by atoms with van der Waals surface area (Å²) in [6.45, 7) is 4.45. The van der Waals surface area contributed by atoms with Crippen molar-refractivity contribution in [3.63, 3.8) is 0 Å². The number of fused-ring (bicyclic) bond motifs is 2. The van der Waals surface area contributed by atoms with Gasteiger partial charge in [-0.05, 0) is 42.2 Å². The zero-order valence-electron chi connectivity index (χ0n) is 14.0. The van der Waals surface area contributed by atoms with Crippen LogP contribution in [0.25, 0.3) is 10.9 Å². The summed E-state index contributed by atoms with van der Waals surface area (Å²) in [7, 11) is 0. The molecule has 24 heavy (non-hydrogen) atoms. The Morgan fingerprint density at radius 2 is 1.88 bits per heavy atom. The molecule has 2 heterocycles. The lowest BCUT2D eigenvalue weighted by Gasteiger charge is -2.29. The van der Waals surface area contributed by atoms with Gasteiger partial charge in [-0.3, -0.25) is 4.79 Å². The number of hydrogen-bond acceptors (Lipinski definition) is 1. The standard InChI is InChI=1S/C21H22N2O/c1-16-5-4-8-20-19(16)10-13-22(20)14-11-21(24)23-12-9-17-6-2-3-7-18(17)15-23/h2-8,10,13H,9,11-12,14-15H2,1H3. The monoisotopic (exact) mass is 318 g/mol. The van der Waals surface area contributed by atoms with Gasteiger partial charge in [0.15, 0.2) is 0 Å². The van der Waals surface area contributed by atoms with E-state index in [2.05, 4.69) is 66.2 Å². The third-order valence-electron chi connectivity index (χ3n) is 5.08. The van der Waals surface area contributed by atoms with Crippen molar-refractivity contribution in [1.82, 2.24) is 9.47 Å². The van der Waals surface area contributed by atoms with Crippen LogP contribution in [0, 0.1) is 6.92 Å². The lowest BCUT2D eigenvalue weighted by Crippen LogP contribution is -2.36. The number of carbonyl (C=O) groups excluding carboxylic acids is 1. The normalized spacial score (nSPS) is 14.0. The largest absolute Gasteiger partial charge is 0.347 e. The van der Waals surface area contributed by atoms with Crippen LogP contribution >= 0.6 is 0 Å². The fourth-order valence-electron chi connectivity index (χ4n) is 3.66. The maximum Gasteiger partial charge on any atom is 0.224 e. The van der Waals surface area contributed by atoms with E-state index in [4.69, 9.17) is 0 Å². The quantitative estimate of drug-likeness (QED) is 0.718. The van der Waals surface area contributed by atoms with Crippen molar-refractivity contribution in [1.29, 1.82) is 0 Å². The number of rotatable bonds is 3. The topological polar surface area (TPSA) is 25.2 Å². The van der Waals surface area contributed by atoms with E-state index in [-0.39, 0.29) is 5.91 Å². The van der Waals surface area contributed by atoms with Crippen molar-refractivity contribution < 1.29 is 4.79 Å². The van der Waals surface area contributed by atoms with Crippen LogP contribution in [-0.2, 0) is 24.3 Å². The molecule has 0 saturated heterocycles. The minimum absolute atomic E-state index is 0.249. The first kappa shape index (κ1) is 15.0. The van der Waals surface area contributed by atoms with Gasteiger partial charge in [-0.2, -0.15) is 0 Å². The summed E-state index contributed by atoms with van der Waals surface area (Å²) in [6, 6.07) is 16.9. The summed E-state index contributed by atoms with van der Waals surface area (Å²) >= 11 is 0. The van der Waals surface area contributed by atoms with Crippen LogP contribution < -0.4 is 0 Å². The van der Waals surface area contributed by atoms with E-state index in [1.54, 1.807) is 0 Å². The Hall–Kier alpha value is -2.55. The summed E-state index contributed by atoms with van der Waals surface area (Å²) in [6.07, 6.45) is 3.61. The predicted octanol–water partition coefficient (Wildman–Crippen LogP) is 3.92. The molecule has 4 rings (SSSR count). The highest BCUT2D eigenvalue weighted by molar-refractivity contribution is 5.83. The molecule has 0 bridgehead atoms. The SMILES string of the molecule is Cc1cccc2c1ccn2CCC(=O)N1CCc2ccccc2C1. The van der Waals surface area contributed by atoms with E-state index in [1.165, 1.54) is 27.6 Å². The van der Waals surface area contributed by atoms with Gasteiger partial charge in [0.2, 0.25) is 5.91 Å². The van der Waals surface area contributed by atoms with Gasteiger partial charge in [-0.25, -0.2) is 0 Å². The Morgan fingerprint density at radius 1 is 1.04 bits per heavy atom. The van der Waals surface area contributed by atoms with Gasteiger partial charge in [0.25, 0.3) is 0 Å². The summed E-state index contributed by atoms with van der Waals surface area (Å²) in [5.41, 5.74) is 5.17. The van der Waals surface area contributed by atoms with Gasteiger partial charge < -0.3 is 9.47 Å². The minimum atomic E-state index is 0.249. The number of benzene rings is 2. The van der Waals surface area contributed by atoms with Crippen molar-refractivity contribution in [3.05, 3.63) is 71.4 Å². The van der Waals surface area contributed by atoms with Crippen LogP contribution in [0.4, 0.5) is 0 Å². The number of nitrogens with zero attached hydrogens (tertiary/aromatic N) is 2. The van der Waals surface area contributed by atoms with E-state index in [9.17, 15) is 4.79 Å². The number of aryl methyl sites for hydroxylation is 2. The van der Waals surface area contributed by atoms with Crippen LogP contribution in [0.3, 0.4) is 0 Å². The maximum absolute atomic E-state index is 12.6. The van der Waals surface area contributed by atoms with E-state index in [0.29, 0.717) is 6.42 Å². The molecule has 1 aliphatic rings. The summed E-state index contributed by atoms with van der Waals surface area (Å²) in [4.78, 5) is 14.6. The molecular weight excluding hydrogens is 296 g/mol. The molecule has 122 valence electrons. The van der Waals surface area contributed by atoms with Crippen LogP contribution in [0.15, 0.2) is 54.7 Å². The van der Waals surface area contributed by atoms with Crippen molar-refractivity contribution in [2.24, 2.45) is 0 Å². The zero-order chi connectivity index (χ0) is 16.5. The first-order valence-corrected chi connectivity index (χ1v) is 8.61. The Bertz CT molecular complexity index is 894. The van der Waals surface area contributed by atoms with Crippen molar-refractivity contribution in [3.8, 4) is 0 Å². The number of hydrogen-bond donors (Lipinski definition) is 0. The first-order valence-electron chi connectivity index (χ1n) is 8.61. The number of amides is 1. The van der Waals surface area contributed by atoms with Crippen LogP contribution in [-0.4, -0.2) is 21.9 Å². The summed E-state index contributed by atoms with van der Waals surface area (Å²) < 4.78 is 2.19. The molecule has 0 atom stereocenters. The summed E-state index contributed by atoms with van der Waals surface area (Å²) in [5, 5.41) is 1.27. The van der Waals surface area contributed by atoms with E-state index < -0.39 is 0 Å². The number of aromatic nitrogens is 1. The number of carbonyl (C=O) groups is 1. The first-order chi connectivity index (χ1) is 11.7. The van der Waals surface area contributed by atoms with Crippen LogP contribution in [0.5, 0.6) is 0 Å². The maximum atomic E-state index is 12.6. The molecule has 3 nitrogen and oxygen atoms in total. The molecule has 1 aliphatic heterocycles. The Labute approximate surface area is 142 Å².